The van der Waals surface area contributed by atoms with Gasteiger partial charge in [-0.05, 0) is 37.1 Å². The average Bonchev–Trinajstić information content (AvgIpc) is 3.08. The summed E-state index contributed by atoms with van der Waals surface area (Å²) in [6, 6.07) is 7.15. The van der Waals surface area contributed by atoms with Crippen molar-refractivity contribution in [1.82, 2.24) is 14.7 Å². The van der Waals surface area contributed by atoms with Crippen molar-refractivity contribution < 1.29 is 13.2 Å². The third-order valence-corrected chi connectivity index (χ3v) is 6.19. The molecule has 2 unspecified atom stereocenters. The Hall–Kier alpha value is -2.15. The summed E-state index contributed by atoms with van der Waals surface area (Å²) in [6.07, 6.45) is 5.84. The van der Waals surface area contributed by atoms with Crippen molar-refractivity contribution in [3.05, 3.63) is 41.7 Å². The molecule has 24 heavy (non-hydrogen) atoms. The minimum atomic E-state index is -3.20. The number of hydrogen-bond donors (Lipinski definition) is 0. The Morgan fingerprint density at radius 1 is 1.21 bits per heavy atom. The zero-order chi connectivity index (χ0) is 17.1. The van der Waals surface area contributed by atoms with Crippen LogP contribution in [0.4, 0.5) is 0 Å². The molecule has 4 rings (SSSR count). The second kappa shape index (κ2) is 5.17. The molecule has 0 radical (unpaired) electrons. The van der Waals surface area contributed by atoms with Crippen molar-refractivity contribution in [2.45, 2.75) is 43.2 Å². The van der Waals surface area contributed by atoms with Gasteiger partial charge >= 0.3 is 0 Å². The molecule has 7 heteroatoms. The van der Waals surface area contributed by atoms with Crippen molar-refractivity contribution in [2.75, 3.05) is 6.26 Å². The van der Waals surface area contributed by atoms with E-state index in [9.17, 15) is 13.2 Å². The van der Waals surface area contributed by atoms with Gasteiger partial charge in [0.15, 0.2) is 9.84 Å². The van der Waals surface area contributed by atoms with E-state index >= 15 is 0 Å². The molecule has 2 aliphatic heterocycles. The summed E-state index contributed by atoms with van der Waals surface area (Å²) in [5.74, 6) is 0.124. The maximum absolute atomic E-state index is 11.9. The van der Waals surface area contributed by atoms with Crippen LogP contribution in [0.5, 0.6) is 0 Å². The van der Waals surface area contributed by atoms with E-state index in [1.807, 2.05) is 15.8 Å². The number of carbonyl (C=O) groups is 1. The molecule has 1 aromatic carbocycles. The van der Waals surface area contributed by atoms with Crippen LogP contribution in [0, 0.1) is 0 Å². The third-order valence-electron chi connectivity index (χ3n) is 5.06. The van der Waals surface area contributed by atoms with Gasteiger partial charge in [-0.2, -0.15) is 5.10 Å². The molecule has 126 valence electrons. The van der Waals surface area contributed by atoms with Gasteiger partial charge in [0.1, 0.15) is 0 Å². The SMILES string of the molecule is CC(=O)N1C2CCC1c1cnn(-c3ccc(S(C)(=O)=O)cc3)c1C2. The van der Waals surface area contributed by atoms with E-state index in [1.54, 1.807) is 31.2 Å². The summed E-state index contributed by atoms with van der Waals surface area (Å²) in [5, 5.41) is 4.50. The van der Waals surface area contributed by atoms with Gasteiger partial charge in [-0.1, -0.05) is 0 Å². The third kappa shape index (κ3) is 2.26. The number of rotatable bonds is 2. The fourth-order valence-corrected chi connectivity index (χ4v) is 4.65. The highest BCUT2D eigenvalue weighted by Crippen LogP contribution is 2.44. The predicted molar refractivity (Wildman–Crippen MR) is 88.7 cm³/mol. The summed E-state index contributed by atoms with van der Waals surface area (Å²) in [5.41, 5.74) is 3.09. The summed E-state index contributed by atoms with van der Waals surface area (Å²) in [7, 11) is -3.20. The fourth-order valence-electron chi connectivity index (χ4n) is 4.01. The van der Waals surface area contributed by atoms with Crippen molar-refractivity contribution in [2.24, 2.45) is 0 Å². The predicted octanol–water partition coefficient (Wildman–Crippen LogP) is 1.88. The molecular weight excluding hydrogens is 326 g/mol. The zero-order valence-corrected chi connectivity index (χ0v) is 14.5. The number of carbonyl (C=O) groups excluding carboxylic acids is 1. The Balaban J connectivity index is 1.74. The van der Waals surface area contributed by atoms with E-state index in [4.69, 9.17) is 0 Å². The Labute approximate surface area is 141 Å². The lowest BCUT2D eigenvalue weighted by Crippen LogP contribution is -2.40. The van der Waals surface area contributed by atoms with Crippen LogP contribution in [0.25, 0.3) is 5.69 Å². The first kappa shape index (κ1) is 15.4. The average molecular weight is 345 g/mol. The molecule has 0 saturated carbocycles. The monoisotopic (exact) mass is 345 g/mol. The molecule has 1 saturated heterocycles. The van der Waals surface area contributed by atoms with Gasteiger partial charge in [0.2, 0.25) is 5.91 Å². The van der Waals surface area contributed by atoms with Crippen LogP contribution in [-0.2, 0) is 21.1 Å². The van der Waals surface area contributed by atoms with Crippen molar-refractivity contribution in [3.63, 3.8) is 0 Å². The van der Waals surface area contributed by atoms with Gasteiger partial charge in [-0.15, -0.1) is 0 Å². The standard InChI is InChI=1S/C17H19N3O3S/c1-11(21)19-13-5-8-16(19)15-10-18-20(17(15)9-13)12-3-6-14(7-4-12)24(2,22)23/h3-4,6-7,10,13,16H,5,8-9H2,1-2H3. The smallest absolute Gasteiger partial charge is 0.220 e. The van der Waals surface area contributed by atoms with Crippen LogP contribution in [0.1, 0.15) is 37.1 Å². The first-order chi connectivity index (χ1) is 11.4. The highest BCUT2D eigenvalue weighted by Gasteiger charge is 2.43. The van der Waals surface area contributed by atoms with E-state index in [0.717, 1.165) is 36.2 Å². The number of nitrogens with zero attached hydrogens (tertiary/aromatic N) is 3. The van der Waals surface area contributed by atoms with Crippen molar-refractivity contribution in [1.29, 1.82) is 0 Å². The molecular formula is C17H19N3O3S. The molecule has 1 fully saturated rings. The number of aromatic nitrogens is 2. The molecule has 2 aromatic rings. The Bertz CT molecular complexity index is 915. The van der Waals surface area contributed by atoms with Crippen LogP contribution in [0.2, 0.25) is 0 Å². The van der Waals surface area contributed by atoms with Crippen molar-refractivity contribution >= 4 is 15.7 Å². The molecule has 3 heterocycles. The van der Waals surface area contributed by atoms with Crippen LogP contribution in [-0.4, -0.2) is 41.3 Å². The van der Waals surface area contributed by atoms with E-state index in [1.165, 1.54) is 6.26 Å². The number of fused-ring (bicyclic) bond motifs is 4. The molecule has 0 aliphatic carbocycles. The lowest BCUT2D eigenvalue weighted by atomic mass is 10.00. The molecule has 2 bridgehead atoms. The van der Waals surface area contributed by atoms with Gasteiger partial charge in [0.25, 0.3) is 0 Å². The summed E-state index contributed by atoms with van der Waals surface area (Å²) in [6.45, 7) is 1.63. The molecule has 1 amide bonds. The van der Waals surface area contributed by atoms with Crippen LogP contribution >= 0.6 is 0 Å². The lowest BCUT2D eigenvalue weighted by molar-refractivity contribution is -0.132. The van der Waals surface area contributed by atoms with Crippen LogP contribution in [0.15, 0.2) is 35.4 Å². The van der Waals surface area contributed by atoms with Gasteiger partial charge in [0.05, 0.1) is 28.5 Å². The first-order valence-corrected chi connectivity index (χ1v) is 9.91. The lowest BCUT2D eigenvalue weighted by Gasteiger charge is -2.34. The maximum atomic E-state index is 11.9. The van der Waals surface area contributed by atoms with Crippen LogP contribution in [0.3, 0.4) is 0 Å². The number of amides is 1. The molecule has 2 atom stereocenters. The Kier molecular flexibility index (Phi) is 3.32. The first-order valence-electron chi connectivity index (χ1n) is 8.02. The summed E-state index contributed by atoms with van der Waals surface area (Å²) < 4.78 is 25.1. The maximum Gasteiger partial charge on any atom is 0.220 e. The topological polar surface area (TPSA) is 72.3 Å². The molecule has 6 nitrogen and oxygen atoms in total. The molecule has 2 aliphatic rings. The fraction of sp³-hybridized carbons (Fsp3) is 0.412. The van der Waals surface area contributed by atoms with Crippen molar-refractivity contribution in [3.8, 4) is 5.69 Å². The summed E-state index contributed by atoms with van der Waals surface area (Å²) >= 11 is 0. The zero-order valence-electron chi connectivity index (χ0n) is 13.6. The largest absolute Gasteiger partial charge is 0.332 e. The van der Waals surface area contributed by atoms with E-state index in [-0.39, 0.29) is 18.0 Å². The minimum absolute atomic E-state index is 0.124. The molecule has 0 N–H and O–H groups in total. The number of sulfone groups is 1. The highest BCUT2D eigenvalue weighted by atomic mass is 32.2. The van der Waals surface area contributed by atoms with Gasteiger partial charge in [-0.25, -0.2) is 13.1 Å². The molecule has 0 spiro atoms. The number of benzene rings is 1. The highest BCUT2D eigenvalue weighted by molar-refractivity contribution is 7.90. The summed E-state index contributed by atoms with van der Waals surface area (Å²) in [4.78, 5) is 14.2. The molecule has 1 aromatic heterocycles. The van der Waals surface area contributed by atoms with Gasteiger partial charge in [-0.3, -0.25) is 4.79 Å². The second-order valence-electron chi connectivity index (χ2n) is 6.60. The van der Waals surface area contributed by atoms with Crippen LogP contribution < -0.4 is 0 Å². The quantitative estimate of drug-likeness (QED) is 0.833. The Morgan fingerprint density at radius 2 is 1.92 bits per heavy atom. The minimum Gasteiger partial charge on any atom is -0.332 e. The van der Waals surface area contributed by atoms with E-state index in [0.29, 0.717) is 4.90 Å². The van der Waals surface area contributed by atoms with Gasteiger partial charge in [0, 0.05) is 31.2 Å². The Morgan fingerprint density at radius 3 is 2.54 bits per heavy atom. The van der Waals surface area contributed by atoms with E-state index in [2.05, 4.69) is 5.10 Å². The van der Waals surface area contributed by atoms with E-state index < -0.39 is 9.84 Å². The normalized spacial score (nSPS) is 22.5. The van der Waals surface area contributed by atoms with Gasteiger partial charge < -0.3 is 4.90 Å². The second-order valence-corrected chi connectivity index (χ2v) is 8.62. The number of hydrogen-bond acceptors (Lipinski definition) is 4.